The average Bonchev–Trinajstić information content (AvgIpc) is 2.68. The van der Waals surface area contributed by atoms with Crippen molar-refractivity contribution in [3.63, 3.8) is 0 Å². The van der Waals surface area contributed by atoms with Gasteiger partial charge in [-0.1, -0.05) is 6.07 Å². The zero-order valence-electron chi connectivity index (χ0n) is 15.4. The molecule has 132 valence electrons. The van der Waals surface area contributed by atoms with Crippen molar-refractivity contribution >= 4 is 0 Å². The van der Waals surface area contributed by atoms with Gasteiger partial charge < -0.3 is 0 Å². The SMILES string of the molecule is Cc1ccnc(-c2nc(-c3cc(C)ccn3)nc(-c3cccc(C)n3)n2)c1. The molecule has 4 heterocycles. The number of rotatable bonds is 3. The Hall–Kier alpha value is -3.54. The molecule has 4 rings (SSSR count). The highest BCUT2D eigenvalue weighted by Crippen LogP contribution is 2.22. The first-order chi connectivity index (χ1) is 13.1. The third kappa shape index (κ3) is 3.69. The summed E-state index contributed by atoms with van der Waals surface area (Å²) in [7, 11) is 0. The van der Waals surface area contributed by atoms with Gasteiger partial charge in [-0.15, -0.1) is 0 Å². The van der Waals surface area contributed by atoms with Crippen LogP contribution < -0.4 is 0 Å². The Morgan fingerprint density at radius 3 is 1.56 bits per heavy atom. The van der Waals surface area contributed by atoms with Crippen LogP contribution in [0, 0.1) is 20.8 Å². The van der Waals surface area contributed by atoms with E-state index in [0.717, 1.165) is 16.8 Å². The van der Waals surface area contributed by atoms with Crippen LogP contribution in [0.3, 0.4) is 0 Å². The molecule has 0 aliphatic carbocycles. The van der Waals surface area contributed by atoms with E-state index in [1.807, 2.05) is 63.2 Å². The summed E-state index contributed by atoms with van der Waals surface area (Å²) >= 11 is 0. The average molecular weight is 354 g/mol. The molecule has 6 heteroatoms. The minimum Gasteiger partial charge on any atom is -0.253 e. The van der Waals surface area contributed by atoms with E-state index >= 15 is 0 Å². The van der Waals surface area contributed by atoms with Crippen LogP contribution in [0.25, 0.3) is 34.6 Å². The fourth-order valence-corrected chi connectivity index (χ4v) is 2.70. The van der Waals surface area contributed by atoms with E-state index in [9.17, 15) is 0 Å². The second-order valence-corrected chi connectivity index (χ2v) is 6.41. The molecule has 0 aliphatic heterocycles. The predicted molar refractivity (Wildman–Crippen MR) is 104 cm³/mol. The first-order valence-corrected chi connectivity index (χ1v) is 8.65. The van der Waals surface area contributed by atoms with Crippen molar-refractivity contribution in [3.8, 4) is 34.6 Å². The Balaban J connectivity index is 1.94. The van der Waals surface area contributed by atoms with Gasteiger partial charge in [0, 0.05) is 18.1 Å². The third-order valence-corrected chi connectivity index (χ3v) is 4.04. The molecule has 0 unspecified atom stereocenters. The number of hydrogen-bond acceptors (Lipinski definition) is 6. The number of hydrogen-bond donors (Lipinski definition) is 0. The van der Waals surface area contributed by atoms with Crippen LogP contribution in [0.4, 0.5) is 0 Å². The van der Waals surface area contributed by atoms with Crippen LogP contribution in [0.15, 0.2) is 54.9 Å². The Morgan fingerprint density at radius 1 is 0.556 bits per heavy atom. The van der Waals surface area contributed by atoms with Gasteiger partial charge in [0.25, 0.3) is 0 Å². The molecule has 0 spiro atoms. The summed E-state index contributed by atoms with van der Waals surface area (Å²) in [5.41, 5.74) is 5.16. The van der Waals surface area contributed by atoms with Gasteiger partial charge in [-0.05, 0) is 68.3 Å². The second kappa shape index (κ2) is 6.99. The second-order valence-electron chi connectivity index (χ2n) is 6.41. The minimum atomic E-state index is 0.505. The molecule has 0 aromatic carbocycles. The summed E-state index contributed by atoms with van der Waals surface area (Å²) in [6, 6.07) is 13.6. The molecule has 0 radical (unpaired) electrons. The topological polar surface area (TPSA) is 77.3 Å². The molecule has 0 saturated heterocycles. The van der Waals surface area contributed by atoms with E-state index in [0.29, 0.717) is 34.6 Å². The first kappa shape index (κ1) is 16.9. The lowest BCUT2D eigenvalue weighted by molar-refractivity contribution is 1.03. The smallest absolute Gasteiger partial charge is 0.182 e. The van der Waals surface area contributed by atoms with Crippen LogP contribution in [0.1, 0.15) is 16.8 Å². The van der Waals surface area contributed by atoms with E-state index in [1.165, 1.54) is 0 Å². The molecule has 0 bridgehead atoms. The number of aromatic nitrogens is 6. The highest BCUT2D eigenvalue weighted by Gasteiger charge is 2.14. The molecular weight excluding hydrogens is 336 g/mol. The largest absolute Gasteiger partial charge is 0.253 e. The standard InChI is InChI=1S/C21H18N6/c1-13-7-9-22-17(11-13)20-25-19(16-6-4-5-15(3)24-16)26-21(27-20)18-12-14(2)8-10-23-18/h4-12H,1-3H3. The summed E-state index contributed by atoms with van der Waals surface area (Å²) < 4.78 is 0. The molecule has 4 aromatic heterocycles. The molecular formula is C21H18N6. The summed E-state index contributed by atoms with van der Waals surface area (Å²) in [6.45, 7) is 5.97. The molecule has 0 atom stereocenters. The van der Waals surface area contributed by atoms with Crippen LogP contribution >= 0.6 is 0 Å². The van der Waals surface area contributed by atoms with E-state index in [4.69, 9.17) is 0 Å². The van der Waals surface area contributed by atoms with E-state index in [-0.39, 0.29) is 0 Å². The van der Waals surface area contributed by atoms with Crippen LogP contribution in [-0.4, -0.2) is 29.9 Å². The Bertz CT molecular complexity index is 969. The molecule has 0 saturated carbocycles. The quantitative estimate of drug-likeness (QED) is 0.554. The molecule has 0 fully saturated rings. The van der Waals surface area contributed by atoms with Crippen molar-refractivity contribution in [2.75, 3.05) is 0 Å². The predicted octanol–water partition coefficient (Wildman–Crippen LogP) is 3.98. The van der Waals surface area contributed by atoms with Crippen molar-refractivity contribution in [2.24, 2.45) is 0 Å². The molecule has 0 amide bonds. The Morgan fingerprint density at radius 2 is 1.07 bits per heavy atom. The molecule has 0 aliphatic rings. The van der Waals surface area contributed by atoms with Gasteiger partial charge in [-0.25, -0.2) is 19.9 Å². The van der Waals surface area contributed by atoms with Gasteiger partial charge in [0.05, 0.1) is 0 Å². The van der Waals surface area contributed by atoms with Crippen LogP contribution in [-0.2, 0) is 0 Å². The van der Waals surface area contributed by atoms with Gasteiger partial charge in [-0.3, -0.25) is 9.97 Å². The van der Waals surface area contributed by atoms with E-state index in [1.54, 1.807) is 12.4 Å². The highest BCUT2D eigenvalue weighted by molar-refractivity contribution is 5.62. The summed E-state index contributed by atoms with van der Waals surface area (Å²) in [5, 5.41) is 0. The normalized spacial score (nSPS) is 10.8. The van der Waals surface area contributed by atoms with Gasteiger partial charge in [-0.2, -0.15) is 0 Å². The summed E-state index contributed by atoms with van der Waals surface area (Å²) in [5.74, 6) is 1.51. The van der Waals surface area contributed by atoms with Gasteiger partial charge in [0.2, 0.25) is 0 Å². The maximum absolute atomic E-state index is 4.63. The number of aryl methyl sites for hydroxylation is 3. The van der Waals surface area contributed by atoms with E-state index < -0.39 is 0 Å². The molecule has 4 aromatic rings. The van der Waals surface area contributed by atoms with Gasteiger partial charge in [0.15, 0.2) is 17.5 Å². The van der Waals surface area contributed by atoms with Crippen molar-refractivity contribution in [1.29, 1.82) is 0 Å². The third-order valence-electron chi connectivity index (χ3n) is 4.04. The Labute approximate surface area is 157 Å². The lowest BCUT2D eigenvalue weighted by Gasteiger charge is -2.08. The molecule has 0 N–H and O–H groups in total. The Kier molecular flexibility index (Phi) is 4.38. The molecule has 6 nitrogen and oxygen atoms in total. The maximum atomic E-state index is 4.63. The lowest BCUT2D eigenvalue weighted by Crippen LogP contribution is -2.03. The minimum absolute atomic E-state index is 0.505. The van der Waals surface area contributed by atoms with Crippen molar-refractivity contribution in [2.45, 2.75) is 20.8 Å². The molecule has 27 heavy (non-hydrogen) atoms. The summed E-state index contributed by atoms with van der Waals surface area (Å²) in [4.78, 5) is 27.3. The van der Waals surface area contributed by atoms with Crippen LogP contribution in [0.5, 0.6) is 0 Å². The van der Waals surface area contributed by atoms with Crippen LogP contribution in [0.2, 0.25) is 0 Å². The van der Waals surface area contributed by atoms with Crippen molar-refractivity contribution in [1.82, 2.24) is 29.9 Å². The van der Waals surface area contributed by atoms with Gasteiger partial charge >= 0.3 is 0 Å². The fraction of sp³-hybridized carbons (Fsp3) is 0.143. The van der Waals surface area contributed by atoms with E-state index in [2.05, 4.69) is 29.9 Å². The monoisotopic (exact) mass is 354 g/mol. The summed E-state index contributed by atoms with van der Waals surface area (Å²) in [6.07, 6.45) is 3.51. The zero-order chi connectivity index (χ0) is 18.8. The lowest BCUT2D eigenvalue weighted by atomic mass is 10.2. The van der Waals surface area contributed by atoms with Crippen molar-refractivity contribution < 1.29 is 0 Å². The highest BCUT2D eigenvalue weighted by atomic mass is 15.1. The van der Waals surface area contributed by atoms with Crippen molar-refractivity contribution in [3.05, 3.63) is 71.7 Å². The fourth-order valence-electron chi connectivity index (χ4n) is 2.70. The maximum Gasteiger partial charge on any atom is 0.182 e. The zero-order valence-corrected chi connectivity index (χ0v) is 15.4. The number of pyridine rings is 3. The first-order valence-electron chi connectivity index (χ1n) is 8.65. The van der Waals surface area contributed by atoms with Gasteiger partial charge in [0.1, 0.15) is 17.1 Å². The number of nitrogens with zero attached hydrogens (tertiary/aromatic N) is 6.